The van der Waals surface area contributed by atoms with Gasteiger partial charge in [0.05, 0.1) is 5.71 Å². The molecule has 0 saturated heterocycles. The van der Waals surface area contributed by atoms with E-state index >= 15 is 0 Å². The normalized spacial score (nSPS) is 10.9. The van der Waals surface area contributed by atoms with E-state index in [0.29, 0.717) is 5.71 Å². The maximum atomic E-state index is 7.27. The van der Waals surface area contributed by atoms with Crippen molar-refractivity contribution in [2.24, 2.45) is 0 Å². The summed E-state index contributed by atoms with van der Waals surface area (Å²) in [6.45, 7) is 5.55. The Morgan fingerprint density at radius 3 is 2.70 bits per heavy atom. The molecule has 54 valence electrons. The number of allylic oxidation sites excluding steroid dienone is 5. The lowest BCUT2D eigenvalue weighted by Crippen LogP contribution is -1.81. The third-order valence-corrected chi connectivity index (χ3v) is 0.945. The summed E-state index contributed by atoms with van der Waals surface area (Å²) in [5.74, 6) is 0. The van der Waals surface area contributed by atoms with Crippen molar-refractivity contribution in [2.75, 3.05) is 0 Å². The van der Waals surface area contributed by atoms with Crippen molar-refractivity contribution < 1.29 is 0 Å². The Morgan fingerprint density at radius 2 is 2.20 bits per heavy atom. The first kappa shape index (κ1) is 8.89. The van der Waals surface area contributed by atoms with Crippen molar-refractivity contribution in [3.05, 3.63) is 37.0 Å². The molecule has 0 unspecified atom stereocenters. The molecule has 0 saturated carbocycles. The first-order chi connectivity index (χ1) is 4.81. The third-order valence-electron chi connectivity index (χ3n) is 0.945. The Kier molecular flexibility index (Phi) is 5.35. The molecule has 10 heavy (non-hydrogen) atoms. The van der Waals surface area contributed by atoms with Crippen LogP contribution in [0.5, 0.6) is 0 Å². The highest BCUT2D eigenvalue weighted by Gasteiger charge is 1.77. The van der Waals surface area contributed by atoms with Crippen LogP contribution >= 0.6 is 0 Å². The summed E-state index contributed by atoms with van der Waals surface area (Å²) >= 11 is 0. The van der Waals surface area contributed by atoms with Crippen LogP contribution in [0, 0.1) is 5.41 Å². The van der Waals surface area contributed by atoms with Gasteiger partial charge in [0.15, 0.2) is 0 Å². The van der Waals surface area contributed by atoms with Gasteiger partial charge in [0.1, 0.15) is 0 Å². The van der Waals surface area contributed by atoms with Gasteiger partial charge in [0.25, 0.3) is 0 Å². The van der Waals surface area contributed by atoms with Crippen molar-refractivity contribution in [3.63, 3.8) is 0 Å². The van der Waals surface area contributed by atoms with E-state index < -0.39 is 0 Å². The van der Waals surface area contributed by atoms with E-state index in [2.05, 4.69) is 6.58 Å². The monoisotopic (exact) mass is 135 g/mol. The Bertz CT molecular complexity index is 164. The van der Waals surface area contributed by atoms with Crippen LogP contribution in [-0.2, 0) is 0 Å². The first-order valence-corrected chi connectivity index (χ1v) is 3.35. The molecule has 0 radical (unpaired) electrons. The fraction of sp³-hybridized carbons (Fsp3) is 0.222. The molecule has 0 fully saturated rings. The summed E-state index contributed by atoms with van der Waals surface area (Å²) in [5, 5.41) is 7.27. The lowest BCUT2D eigenvalue weighted by Gasteiger charge is -1.83. The van der Waals surface area contributed by atoms with Gasteiger partial charge in [-0.1, -0.05) is 31.7 Å². The number of hydrogen-bond acceptors (Lipinski definition) is 1. The lowest BCUT2D eigenvalue weighted by atomic mass is 10.3. The lowest BCUT2D eigenvalue weighted by molar-refractivity contribution is 1.23. The number of rotatable bonds is 4. The molecular formula is C9H13N. The molecule has 1 nitrogen and oxygen atoms in total. The molecule has 0 aliphatic heterocycles. The fourth-order valence-electron chi connectivity index (χ4n) is 0.472. The Balaban J connectivity index is 3.74. The molecule has 1 N–H and O–H groups in total. The van der Waals surface area contributed by atoms with E-state index in [-0.39, 0.29) is 0 Å². The van der Waals surface area contributed by atoms with Gasteiger partial charge in [-0.3, -0.25) is 0 Å². The SMILES string of the molecule is C=CC=CC(=N)C=CCC. The van der Waals surface area contributed by atoms with Crippen LogP contribution in [-0.4, -0.2) is 5.71 Å². The molecule has 0 atom stereocenters. The van der Waals surface area contributed by atoms with Crippen molar-refractivity contribution in [2.45, 2.75) is 13.3 Å². The van der Waals surface area contributed by atoms with Crippen molar-refractivity contribution in [1.82, 2.24) is 0 Å². The smallest absolute Gasteiger partial charge is 0.0536 e. The van der Waals surface area contributed by atoms with Gasteiger partial charge < -0.3 is 5.41 Å². The highest BCUT2D eigenvalue weighted by molar-refractivity contribution is 6.01. The maximum Gasteiger partial charge on any atom is 0.0536 e. The van der Waals surface area contributed by atoms with Crippen LogP contribution in [0.4, 0.5) is 0 Å². The van der Waals surface area contributed by atoms with Gasteiger partial charge in [-0.15, -0.1) is 0 Å². The van der Waals surface area contributed by atoms with E-state index in [1.807, 2.05) is 13.0 Å². The zero-order valence-corrected chi connectivity index (χ0v) is 6.30. The standard InChI is InChI=1S/C9H13N/c1-3-5-7-9(10)8-6-4-2/h3,5-8,10H,1,4H2,2H3. The quantitative estimate of drug-likeness (QED) is 0.452. The van der Waals surface area contributed by atoms with Crippen LogP contribution < -0.4 is 0 Å². The minimum absolute atomic E-state index is 0.516. The van der Waals surface area contributed by atoms with E-state index in [1.165, 1.54) is 0 Å². The maximum absolute atomic E-state index is 7.27. The van der Waals surface area contributed by atoms with Gasteiger partial charge in [0, 0.05) is 0 Å². The zero-order chi connectivity index (χ0) is 7.82. The predicted molar refractivity (Wildman–Crippen MR) is 46.5 cm³/mol. The van der Waals surface area contributed by atoms with Crippen LogP contribution in [0.3, 0.4) is 0 Å². The molecule has 0 aliphatic carbocycles. The molecule has 0 aromatic rings. The third kappa shape index (κ3) is 5.04. The van der Waals surface area contributed by atoms with Crippen molar-refractivity contribution in [1.29, 1.82) is 5.41 Å². The minimum Gasteiger partial charge on any atom is -0.301 e. The molecule has 0 amide bonds. The molecular weight excluding hydrogens is 122 g/mol. The van der Waals surface area contributed by atoms with Crippen LogP contribution in [0.2, 0.25) is 0 Å². The van der Waals surface area contributed by atoms with Crippen molar-refractivity contribution >= 4 is 5.71 Å². The summed E-state index contributed by atoms with van der Waals surface area (Å²) < 4.78 is 0. The van der Waals surface area contributed by atoms with Crippen molar-refractivity contribution in [3.8, 4) is 0 Å². The molecule has 0 aliphatic rings. The van der Waals surface area contributed by atoms with E-state index in [1.54, 1.807) is 24.3 Å². The van der Waals surface area contributed by atoms with E-state index in [0.717, 1.165) is 6.42 Å². The predicted octanol–water partition coefficient (Wildman–Crippen LogP) is 2.71. The second kappa shape index (κ2) is 6.02. The summed E-state index contributed by atoms with van der Waals surface area (Å²) in [7, 11) is 0. The molecule has 0 heterocycles. The molecule has 1 heteroatoms. The summed E-state index contributed by atoms with van der Waals surface area (Å²) in [4.78, 5) is 0. The number of nitrogens with one attached hydrogen (secondary N) is 1. The van der Waals surface area contributed by atoms with Gasteiger partial charge in [0.2, 0.25) is 0 Å². The zero-order valence-electron chi connectivity index (χ0n) is 6.30. The second-order valence-electron chi connectivity index (χ2n) is 1.86. The highest BCUT2D eigenvalue weighted by Crippen LogP contribution is 1.84. The highest BCUT2D eigenvalue weighted by atomic mass is 14.4. The van der Waals surface area contributed by atoms with E-state index in [4.69, 9.17) is 5.41 Å². The first-order valence-electron chi connectivity index (χ1n) is 3.35. The molecule has 0 aromatic heterocycles. The van der Waals surface area contributed by atoms with Gasteiger partial charge in [-0.25, -0.2) is 0 Å². The summed E-state index contributed by atoms with van der Waals surface area (Å²) in [6.07, 6.45) is 9.83. The average Bonchev–Trinajstić information content (AvgIpc) is 1.97. The fourth-order valence-corrected chi connectivity index (χ4v) is 0.472. The Morgan fingerprint density at radius 1 is 1.50 bits per heavy atom. The van der Waals surface area contributed by atoms with E-state index in [9.17, 15) is 0 Å². The molecule has 0 spiro atoms. The average molecular weight is 135 g/mol. The second-order valence-corrected chi connectivity index (χ2v) is 1.86. The van der Waals surface area contributed by atoms with Gasteiger partial charge in [-0.05, 0) is 18.6 Å². The minimum atomic E-state index is 0.516. The van der Waals surface area contributed by atoms with Gasteiger partial charge in [-0.2, -0.15) is 0 Å². The largest absolute Gasteiger partial charge is 0.301 e. The number of hydrogen-bond donors (Lipinski definition) is 1. The molecule has 0 bridgehead atoms. The summed E-state index contributed by atoms with van der Waals surface area (Å²) in [5.41, 5.74) is 0.516. The molecule has 0 aromatic carbocycles. The topological polar surface area (TPSA) is 23.9 Å². The van der Waals surface area contributed by atoms with Crippen LogP contribution in [0.25, 0.3) is 0 Å². The summed E-state index contributed by atoms with van der Waals surface area (Å²) in [6, 6.07) is 0. The van der Waals surface area contributed by atoms with Crippen LogP contribution in [0.15, 0.2) is 37.0 Å². The van der Waals surface area contributed by atoms with Crippen LogP contribution in [0.1, 0.15) is 13.3 Å². The Hall–Kier alpha value is -1.11. The Labute approximate surface area is 62.3 Å². The van der Waals surface area contributed by atoms with Gasteiger partial charge >= 0.3 is 0 Å². The molecule has 0 rings (SSSR count).